The van der Waals surface area contributed by atoms with Crippen molar-refractivity contribution in [3.63, 3.8) is 0 Å². The van der Waals surface area contributed by atoms with E-state index in [9.17, 15) is 0 Å². The summed E-state index contributed by atoms with van der Waals surface area (Å²) >= 11 is 0. The minimum Gasteiger partial charge on any atom is -0.369 e. The molecule has 1 atom stereocenters. The van der Waals surface area contributed by atoms with Gasteiger partial charge in [-0.2, -0.15) is 0 Å². The van der Waals surface area contributed by atoms with E-state index in [1.165, 1.54) is 16.8 Å². The van der Waals surface area contributed by atoms with Crippen LogP contribution in [0.1, 0.15) is 0 Å². The molecule has 2 aromatic carbocycles. The van der Waals surface area contributed by atoms with Gasteiger partial charge in [0.15, 0.2) is 11.4 Å². The van der Waals surface area contributed by atoms with Gasteiger partial charge in [0.2, 0.25) is 6.33 Å². The van der Waals surface area contributed by atoms with Crippen LogP contribution in [0.5, 0.6) is 0 Å². The monoisotopic (exact) mass is 277 g/mol. The molecule has 3 nitrogen and oxygen atoms in total. The number of aromatic amines is 1. The Bertz CT molecular complexity index is 730. The molecule has 0 aliphatic carbocycles. The molecule has 1 fully saturated rings. The van der Waals surface area contributed by atoms with Gasteiger partial charge in [-0.25, -0.2) is 9.55 Å². The molecule has 0 amide bonds. The molecule has 0 radical (unpaired) electrons. The lowest BCUT2D eigenvalue weighted by Crippen LogP contribution is -2.36. The van der Waals surface area contributed by atoms with E-state index in [4.69, 9.17) is 4.74 Å². The molecule has 1 saturated heterocycles. The summed E-state index contributed by atoms with van der Waals surface area (Å²) < 4.78 is 7.64. The van der Waals surface area contributed by atoms with Gasteiger partial charge in [0.1, 0.15) is 12.6 Å². The first-order chi connectivity index (χ1) is 10.4. The fourth-order valence-corrected chi connectivity index (χ4v) is 2.69. The number of epoxide rings is 1. The summed E-state index contributed by atoms with van der Waals surface area (Å²) in [6.45, 7) is 1.76. The highest BCUT2D eigenvalue weighted by Crippen LogP contribution is 2.28. The van der Waals surface area contributed by atoms with Crippen molar-refractivity contribution in [2.75, 3.05) is 6.61 Å². The predicted molar refractivity (Wildman–Crippen MR) is 81.6 cm³/mol. The van der Waals surface area contributed by atoms with Crippen LogP contribution in [0.4, 0.5) is 0 Å². The third-order valence-electron chi connectivity index (χ3n) is 3.80. The van der Waals surface area contributed by atoms with E-state index in [0.29, 0.717) is 6.10 Å². The van der Waals surface area contributed by atoms with Gasteiger partial charge < -0.3 is 4.74 Å². The van der Waals surface area contributed by atoms with Crippen LogP contribution in [-0.2, 0) is 11.3 Å². The van der Waals surface area contributed by atoms with Gasteiger partial charge in [-0.3, -0.25) is 0 Å². The molecule has 3 aromatic rings. The molecule has 21 heavy (non-hydrogen) atoms. The average molecular weight is 277 g/mol. The van der Waals surface area contributed by atoms with Crippen LogP contribution in [0.25, 0.3) is 22.5 Å². The zero-order valence-electron chi connectivity index (χ0n) is 11.7. The number of nitrogens with one attached hydrogen (secondary N) is 1. The van der Waals surface area contributed by atoms with E-state index in [2.05, 4.69) is 58.1 Å². The van der Waals surface area contributed by atoms with Crippen molar-refractivity contribution in [2.24, 2.45) is 0 Å². The van der Waals surface area contributed by atoms with E-state index >= 15 is 0 Å². The molecule has 4 rings (SSSR count). The van der Waals surface area contributed by atoms with E-state index < -0.39 is 0 Å². The molecular formula is C18H17N2O+. The number of aromatic nitrogens is 2. The third kappa shape index (κ3) is 2.48. The van der Waals surface area contributed by atoms with E-state index in [1.54, 1.807) is 0 Å². The van der Waals surface area contributed by atoms with Gasteiger partial charge >= 0.3 is 0 Å². The highest BCUT2D eigenvalue weighted by atomic mass is 16.6. The second kappa shape index (κ2) is 5.19. The summed E-state index contributed by atoms with van der Waals surface area (Å²) in [6, 6.07) is 21.0. The number of imidazole rings is 1. The highest BCUT2D eigenvalue weighted by molar-refractivity contribution is 5.75. The SMILES string of the molecule is c1ccc(-c2[nH]c[n+](C[C@@H]3CO3)c2-c2ccccc2)cc1. The van der Waals surface area contributed by atoms with Crippen molar-refractivity contribution >= 4 is 0 Å². The number of benzene rings is 2. The van der Waals surface area contributed by atoms with E-state index in [-0.39, 0.29) is 0 Å². The maximum atomic E-state index is 5.38. The lowest BCUT2D eigenvalue weighted by atomic mass is 10.0. The summed E-state index contributed by atoms with van der Waals surface area (Å²) in [4.78, 5) is 3.43. The lowest BCUT2D eigenvalue weighted by molar-refractivity contribution is -0.686. The topological polar surface area (TPSA) is 32.2 Å². The molecule has 0 saturated carbocycles. The Balaban J connectivity index is 1.85. The van der Waals surface area contributed by atoms with Gasteiger partial charge in [0.05, 0.1) is 6.61 Å². The van der Waals surface area contributed by atoms with Crippen molar-refractivity contribution in [3.8, 4) is 22.5 Å². The first kappa shape index (κ1) is 12.4. The van der Waals surface area contributed by atoms with Crippen LogP contribution in [0.2, 0.25) is 0 Å². The van der Waals surface area contributed by atoms with Crippen LogP contribution in [-0.4, -0.2) is 17.7 Å². The summed E-state index contributed by atoms with van der Waals surface area (Å²) in [5.74, 6) is 0. The lowest BCUT2D eigenvalue weighted by Gasteiger charge is -2.03. The molecule has 0 bridgehead atoms. The van der Waals surface area contributed by atoms with Crippen molar-refractivity contribution in [2.45, 2.75) is 12.6 Å². The third-order valence-corrected chi connectivity index (χ3v) is 3.80. The molecule has 1 aromatic heterocycles. The van der Waals surface area contributed by atoms with Crippen molar-refractivity contribution < 1.29 is 9.30 Å². The molecule has 1 aliphatic rings. The number of H-pyrrole nitrogens is 1. The Hall–Kier alpha value is -2.39. The smallest absolute Gasteiger partial charge is 0.242 e. The van der Waals surface area contributed by atoms with Crippen LogP contribution in [0, 0.1) is 0 Å². The normalized spacial score (nSPS) is 16.9. The Morgan fingerprint density at radius 1 is 0.952 bits per heavy atom. The maximum Gasteiger partial charge on any atom is 0.242 e. The van der Waals surface area contributed by atoms with E-state index in [1.807, 2.05) is 18.5 Å². The number of nitrogens with zero attached hydrogens (tertiary/aromatic N) is 1. The Kier molecular flexibility index (Phi) is 3.05. The maximum absolute atomic E-state index is 5.38. The second-order valence-corrected chi connectivity index (χ2v) is 5.34. The minimum atomic E-state index is 0.358. The second-order valence-electron chi connectivity index (χ2n) is 5.34. The highest BCUT2D eigenvalue weighted by Gasteiger charge is 2.29. The number of ether oxygens (including phenoxy) is 1. The fraction of sp³-hybridized carbons (Fsp3) is 0.167. The van der Waals surface area contributed by atoms with E-state index in [0.717, 1.165) is 18.8 Å². The molecule has 0 unspecified atom stereocenters. The summed E-state index contributed by atoms with van der Waals surface area (Å²) in [7, 11) is 0. The Morgan fingerprint density at radius 2 is 1.57 bits per heavy atom. The summed E-state index contributed by atoms with van der Waals surface area (Å²) in [5, 5.41) is 0. The molecule has 0 spiro atoms. The largest absolute Gasteiger partial charge is 0.369 e. The van der Waals surface area contributed by atoms with Crippen molar-refractivity contribution in [1.29, 1.82) is 0 Å². The summed E-state index contributed by atoms with van der Waals surface area (Å²) in [5.41, 5.74) is 4.80. The van der Waals surface area contributed by atoms with Gasteiger partial charge in [-0.1, -0.05) is 60.7 Å². The zero-order chi connectivity index (χ0) is 14.1. The van der Waals surface area contributed by atoms with Crippen LogP contribution in [0.3, 0.4) is 0 Å². The first-order valence-corrected chi connectivity index (χ1v) is 7.25. The van der Waals surface area contributed by atoms with Crippen molar-refractivity contribution in [1.82, 2.24) is 4.98 Å². The molecule has 1 N–H and O–H groups in total. The first-order valence-electron chi connectivity index (χ1n) is 7.25. The Morgan fingerprint density at radius 3 is 2.19 bits per heavy atom. The Labute approximate surface area is 123 Å². The number of hydrogen-bond acceptors (Lipinski definition) is 1. The molecular weight excluding hydrogens is 260 g/mol. The molecule has 3 heteroatoms. The molecule has 104 valence electrons. The molecule has 1 aliphatic heterocycles. The number of rotatable bonds is 4. The van der Waals surface area contributed by atoms with Crippen molar-refractivity contribution in [3.05, 3.63) is 67.0 Å². The number of hydrogen-bond donors (Lipinski definition) is 1. The standard InChI is InChI=1S/C18H16N2O/c1-3-7-14(8-4-1)17-18(15-9-5-2-6-10-15)20(13-19-17)11-16-12-21-16/h1-10,13,16H,11-12H2/p+1/t16-/m1/s1. The van der Waals surface area contributed by atoms with Crippen LogP contribution in [0.15, 0.2) is 67.0 Å². The van der Waals surface area contributed by atoms with Crippen LogP contribution < -0.4 is 4.57 Å². The minimum absolute atomic E-state index is 0.358. The van der Waals surface area contributed by atoms with Gasteiger partial charge in [0.25, 0.3) is 0 Å². The summed E-state index contributed by atoms with van der Waals surface area (Å²) in [6.07, 6.45) is 2.41. The quantitative estimate of drug-likeness (QED) is 0.577. The van der Waals surface area contributed by atoms with Gasteiger partial charge in [0, 0.05) is 11.1 Å². The predicted octanol–water partition coefficient (Wildman–Crippen LogP) is 3.04. The fourth-order valence-electron chi connectivity index (χ4n) is 2.69. The van der Waals surface area contributed by atoms with Gasteiger partial charge in [-0.05, 0) is 0 Å². The zero-order valence-corrected chi connectivity index (χ0v) is 11.7. The average Bonchev–Trinajstić information content (AvgIpc) is 3.26. The molecule has 2 heterocycles. The van der Waals surface area contributed by atoms with Gasteiger partial charge in [-0.15, -0.1) is 0 Å². The van der Waals surface area contributed by atoms with Crippen LogP contribution >= 0.6 is 0 Å².